The van der Waals surface area contributed by atoms with Crippen molar-refractivity contribution in [2.45, 2.75) is 0 Å². The Kier molecular flexibility index (Phi) is 5.37. The van der Waals surface area contributed by atoms with Crippen molar-refractivity contribution in [3.63, 3.8) is 0 Å². The van der Waals surface area contributed by atoms with E-state index in [1.54, 1.807) is 23.1 Å². The topological polar surface area (TPSA) is 68.3 Å². The van der Waals surface area contributed by atoms with Crippen molar-refractivity contribution in [3.05, 3.63) is 42.1 Å². The minimum atomic E-state index is -0.724. The summed E-state index contributed by atoms with van der Waals surface area (Å²) < 4.78 is 28.8. The Morgan fingerprint density at radius 2 is 1.88 bits per heavy atom. The van der Waals surface area contributed by atoms with Crippen LogP contribution in [0.2, 0.25) is 0 Å². The number of ether oxygens (including phenoxy) is 3. The lowest BCUT2D eigenvalue weighted by Crippen LogP contribution is -2.50. The van der Waals surface area contributed by atoms with Crippen molar-refractivity contribution in [1.82, 2.24) is 4.90 Å². The van der Waals surface area contributed by atoms with Gasteiger partial charge in [0.1, 0.15) is 25.3 Å². The second-order valence-corrected chi connectivity index (χ2v) is 5.60. The Hall–Kier alpha value is -2.77. The fourth-order valence-electron chi connectivity index (χ4n) is 2.67. The predicted molar refractivity (Wildman–Crippen MR) is 86.1 cm³/mol. The fraction of sp³-hybridized carbons (Fsp3) is 0.412. The van der Waals surface area contributed by atoms with Crippen LogP contribution in [0.3, 0.4) is 0 Å². The number of halogens is 1. The van der Waals surface area contributed by atoms with Gasteiger partial charge in [-0.15, -0.1) is 0 Å². The van der Waals surface area contributed by atoms with E-state index >= 15 is 0 Å². The van der Waals surface area contributed by atoms with Crippen LogP contribution in [-0.4, -0.2) is 62.8 Å². The Labute approximate surface area is 144 Å². The summed E-state index contributed by atoms with van der Waals surface area (Å²) in [6.45, 7) is 2.19. The Morgan fingerprint density at radius 1 is 1.12 bits per heavy atom. The van der Waals surface area contributed by atoms with E-state index < -0.39 is 5.97 Å². The molecular formula is C17H19FN2O5. The van der Waals surface area contributed by atoms with Crippen LogP contribution >= 0.6 is 0 Å². The maximum absolute atomic E-state index is 13.8. The number of amides is 1. The Morgan fingerprint density at radius 3 is 2.56 bits per heavy atom. The molecule has 0 aliphatic carbocycles. The summed E-state index contributed by atoms with van der Waals surface area (Å²) in [5, 5.41) is 0. The van der Waals surface area contributed by atoms with Gasteiger partial charge in [-0.1, -0.05) is 12.1 Å². The van der Waals surface area contributed by atoms with E-state index in [1.165, 1.54) is 12.3 Å². The van der Waals surface area contributed by atoms with Crippen molar-refractivity contribution in [3.8, 4) is 0 Å². The minimum Gasteiger partial charge on any atom is -0.493 e. The SMILES string of the molecule is O=C(OCC(=O)N1CCN(c2ccccc2F)CC1)C1=COCCO1. The number of hydrogen-bond donors (Lipinski definition) is 0. The number of para-hydroxylation sites is 1. The molecule has 1 aromatic carbocycles. The zero-order chi connectivity index (χ0) is 17.6. The number of piperazine rings is 1. The average Bonchev–Trinajstić information content (AvgIpc) is 2.67. The van der Waals surface area contributed by atoms with Gasteiger partial charge >= 0.3 is 5.97 Å². The largest absolute Gasteiger partial charge is 0.493 e. The van der Waals surface area contributed by atoms with Gasteiger partial charge < -0.3 is 24.0 Å². The average molecular weight is 350 g/mol. The third kappa shape index (κ3) is 4.20. The molecule has 0 unspecified atom stereocenters. The molecule has 1 fully saturated rings. The molecule has 2 heterocycles. The van der Waals surface area contributed by atoms with E-state index in [1.807, 2.05) is 4.90 Å². The number of carbonyl (C=O) groups excluding carboxylic acids is 2. The molecule has 0 bridgehead atoms. The second kappa shape index (κ2) is 7.87. The summed E-state index contributed by atoms with van der Waals surface area (Å²) in [6.07, 6.45) is 1.18. The highest BCUT2D eigenvalue weighted by molar-refractivity contribution is 5.88. The number of esters is 1. The molecule has 2 aliphatic heterocycles. The van der Waals surface area contributed by atoms with E-state index in [2.05, 4.69) is 0 Å². The molecule has 8 heteroatoms. The molecule has 25 heavy (non-hydrogen) atoms. The van der Waals surface area contributed by atoms with Crippen molar-refractivity contribution >= 4 is 17.6 Å². The van der Waals surface area contributed by atoms with Crippen LogP contribution in [0.15, 0.2) is 36.3 Å². The van der Waals surface area contributed by atoms with Crippen LogP contribution in [0.5, 0.6) is 0 Å². The predicted octanol–water partition coefficient (Wildman–Crippen LogP) is 0.906. The van der Waals surface area contributed by atoms with E-state index in [0.717, 1.165) is 0 Å². The lowest BCUT2D eigenvalue weighted by Gasteiger charge is -2.36. The van der Waals surface area contributed by atoms with Gasteiger partial charge in [0, 0.05) is 26.2 Å². The molecule has 0 aromatic heterocycles. The van der Waals surface area contributed by atoms with Gasteiger partial charge in [0.05, 0.1) is 5.69 Å². The van der Waals surface area contributed by atoms with Crippen LogP contribution in [0.4, 0.5) is 10.1 Å². The van der Waals surface area contributed by atoms with Gasteiger partial charge in [-0.2, -0.15) is 0 Å². The van der Waals surface area contributed by atoms with E-state index in [9.17, 15) is 14.0 Å². The summed E-state index contributed by atoms with van der Waals surface area (Å²) >= 11 is 0. The first-order valence-electron chi connectivity index (χ1n) is 8.04. The standard InChI is InChI=1S/C17H19FN2O5/c18-13-3-1-2-4-14(13)19-5-7-20(8-6-19)16(21)12-25-17(22)15-11-23-9-10-24-15/h1-4,11H,5-10,12H2. The molecule has 3 rings (SSSR count). The van der Waals surface area contributed by atoms with Crippen LogP contribution < -0.4 is 4.90 Å². The van der Waals surface area contributed by atoms with Crippen LogP contribution in [0, 0.1) is 5.82 Å². The third-order valence-electron chi connectivity index (χ3n) is 4.00. The normalized spacial score (nSPS) is 17.2. The molecule has 7 nitrogen and oxygen atoms in total. The molecule has 1 saturated heterocycles. The second-order valence-electron chi connectivity index (χ2n) is 5.60. The summed E-state index contributed by atoms with van der Waals surface area (Å²) in [6, 6.07) is 6.55. The lowest BCUT2D eigenvalue weighted by molar-refractivity contribution is -0.152. The van der Waals surface area contributed by atoms with Crippen molar-refractivity contribution < 1.29 is 28.2 Å². The third-order valence-corrected chi connectivity index (χ3v) is 4.00. The fourth-order valence-corrected chi connectivity index (χ4v) is 2.67. The van der Waals surface area contributed by atoms with Crippen LogP contribution in [-0.2, 0) is 23.8 Å². The first-order valence-corrected chi connectivity index (χ1v) is 8.04. The zero-order valence-corrected chi connectivity index (χ0v) is 13.7. The maximum atomic E-state index is 13.8. The maximum Gasteiger partial charge on any atom is 0.377 e. The minimum absolute atomic E-state index is 0.0385. The molecule has 0 spiro atoms. The number of anilines is 1. The smallest absolute Gasteiger partial charge is 0.377 e. The molecule has 0 saturated carbocycles. The van der Waals surface area contributed by atoms with Crippen LogP contribution in [0.1, 0.15) is 0 Å². The van der Waals surface area contributed by atoms with E-state index in [4.69, 9.17) is 14.2 Å². The molecule has 0 atom stereocenters. The van der Waals surface area contributed by atoms with Gasteiger partial charge in [0.15, 0.2) is 6.61 Å². The van der Waals surface area contributed by atoms with Gasteiger partial charge in [-0.05, 0) is 12.1 Å². The van der Waals surface area contributed by atoms with Crippen molar-refractivity contribution in [1.29, 1.82) is 0 Å². The highest BCUT2D eigenvalue weighted by atomic mass is 19.1. The van der Waals surface area contributed by atoms with Gasteiger partial charge in [0.25, 0.3) is 5.91 Å². The van der Waals surface area contributed by atoms with E-state index in [-0.39, 0.29) is 30.7 Å². The molecule has 134 valence electrons. The first-order chi connectivity index (χ1) is 12.1. The van der Waals surface area contributed by atoms with Crippen molar-refractivity contribution in [2.75, 3.05) is 50.9 Å². The summed E-state index contributed by atoms with van der Waals surface area (Å²) in [5.74, 6) is -1.33. The van der Waals surface area contributed by atoms with Crippen LogP contribution in [0.25, 0.3) is 0 Å². The zero-order valence-electron chi connectivity index (χ0n) is 13.7. The monoisotopic (exact) mass is 350 g/mol. The molecule has 0 N–H and O–H groups in total. The summed E-state index contributed by atoms with van der Waals surface area (Å²) in [5.41, 5.74) is 0.530. The Bertz CT molecular complexity index is 671. The van der Waals surface area contributed by atoms with Gasteiger partial charge in [0.2, 0.25) is 5.76 Å². The molecule has 2 aliphatic rings. The molecule has 1 amide bonds. The number of carbonyl (C=O) groups is 2. The molecular weight excluding hydrogens is 331 g/mol. The van der Waals surface area contributed by atoms with Gasteiger partial charge in [-0.25, -0.2) is 9.18 Å². The highest BCUT2D eigenvalue weighted by Crippen LogP contribution is 2.20. The first kappa shape index (κ1) is 17.1. The summed E-state index contributed by atoms with van der Waals surface area (Å²) in [7, 11) is 0. The van der Waals surface area contributed by atoms with Gasteiger partial charge in [-0.3, -0.25) is 4.79 Å². The number of benzene rings is 1. The van der Waals surface area contributed by atoms with E-state index in [0.29, 0.717) is 38.5 Å². The lowest BCUT2D eigenvalue weighted by atomic mass is 10.2. The quantitative estimate of drug-likeness (QED) is 0.752. The van der Waals surface area contributed by atoms with Crippen molar-refractivity contribution in [2.24, 2.45) is 0 Å². The molecule has 1 aromatic rings. The Balaban J connectivity index is 1.46. The number of nitrogens with zero attached hydrogens (tertiary/aromatic N) is 2. The summed E-state index contributed by atoms with van der Waals surface area (Å²) in [4.78, 5) is 27.4. The highest BCUT2D eigenvalue weighted by Gasteiger charge is 2.24. The number of hydrogen-bond acceptors (Lipinski definition) is 6. The number of rotatable bonds is 4. The molecule has 0 radical (unpaired) electrons.